The standard InChI is InChI=1S/C16H13ClN8O2/c1-2-10-12(17)11-13(23-10)24-16(27-8-3-19-7-20-4-8)25-14(11)26-9-5-21-15(18)22-6-9/h3-7H,2H2,1H3,(H2,18,21,22)(H,23,24,25). The smallest absolute Gasteiger partial charge is 0.327 e. The van der Waals surface area contributed by atoms with Crippen molar-refractivity contribution in [2.24, 2.45) is 0 Å². The Kier molecular flexibility index (Phi) is 4.38. The molecule has 0 saturated carbocycles. The Balaban J connectivity index is 1.80. The van der Waals surface area contributed by atoms with Gasteiger partial charge in [0.2, 0.25) is 11.8 Å². The monoisotopic (exact) mass is 384 g/mol. The number of fused-ring (bicyclic) bond motifs is 1. The van der Waals surface area contributed by atoms with E-state index in [9.17, 15) is 0 Å². The molecule has 0 aromatic carbocycles. The maximum Gasteiger partial charge on any atom is 0.327 e. The van der Waals surface area contributed by atoms with E-state index >= 15 is 0 Å². The lowest BCUT2D eigenvalue weighted by molar-refractivity contribution is 0.413. The third kappa shape index (κ3) is 3.42. The number of hydrogen-bond donors (Lipinski definition) is 2. The van der Waals surface area contributed by atoms with Gasteiger partial charge in [0.15, 0.2) is 11.5 Å². The van der Waals surface area contributed by atoms with Gasteiger partial charge in [0.25, 0.3) is 0 Å². The molecule has 0 aliphatic carbocycles. The zero-order valence-corrected chi connectivity index (χ0v) is 14.8. The fourth-order valence-corrected chi connectivity index (χ4v) is 2.71. The van der Waals surface area contributed by atoms with E-state index in [-0.39, 0.29) is 17.8 Å². The first-order valence-electron chi connectivity index (χ1n) is 7.90. The van der Waals surface area contributed by atoms with Crippen molar-refractivity contribution in [3.8, 4) is 23.4 Å². The van der Waals surface area contributed by atoms with Crippen molar-refractivity contribution < 1.29 is 9.47 Å². The van der Waals surface area contributed by atoms with Gasteiger partial charge in [-0.2, -0.15) is 9.97 Å². The molecule has 0 saturated heterocycles. The summed E-state index contributed by atoms with van der Waals surface area (Å²) in [5, 5.41) is 1.01. The van der Waals surface area contributed by atoms with Gasteiger partial charge in [-0.15, -0.1) is 0 Å². The molecule has 0 unspecified atom stereocenters. The van der Waals surface area contributed by atoms with E-state index in [1.807, 2.05) is 6.92 Å². The molecular weight excluding hydrogens is 372 g/mol. The van der Waals surface area contributed by atoms with E-state index in [0.29, 0.717) is 34.0 Å². The Labute approximate surface area is 157 Å². The van der Waals surface area contributed by atoms with Crippen molar-refractivity contribution >= 4 is 28.6 Å². The number of nitrogens with two attached hydrogens (primary N) is 1. The van der Waals surface area contributed by atoms with Gasteiger partial charge in [-0.05, 0) is 6.42 Å². The molecule has 4 heterocycles. The molecule has 0 aliphatic rings. The van der Waals surface area contributed by atoms with Crippen LogP contribution in [0.15, 0.2) is 31.1 Å². The van der Waals surface area contributed by atoms with E-state index in [4.69, 9.17) is 26.8 Å². The Morgan fingerprint density at radius 1 is 1.04 bits per heavy atom. The Morgan fingerprint density at radius 3 is 2.44 bits per heavy atom. The lowest BCUT2D eigenvalue weighted by atomic mass is 10.3. The quantitative estimate of drug-likeness (QED) is 0.531. The molecule has 11 heteroatoms. The van der Waals surface area contributed by atoms with Crippen LogP contribution in [-0.2, 0) is 6.42 Å². The van der Waals surface area contributed by atoms with Crippen LogP contribution in [0.25, 0.3) is 11.0 Å². The minimum Gasteiger partial charge on any atom is -0.435 e. The predicted molar refractivity (Wildman–Crippen MR) is 96.9 cm³/mol. The van der Waals surface area contributed by atoms with Crippen molar-refractivity contribution in [1.82, 2.24) is 34.9 Å². The first-order valence-corrected chi connectivity index (χ1v) is 8.28. The van der Waals surface area contributed by atoms with Gasteiger partial charge in [-0.3, -0.25) is 0 Å². The van der Waals surface area contributed by atoms with Gasteiger partial charge in [0.05, 0.1) is 29.8 Å². The largest absolute Gasteiger partial charge is 0.435 e. The zero-order chi connectivity index (χ0) is 18.8. The summed E-state index contributed by atoms with van der Waals surface area (Å²) in [7, 11) is 0. The molecule has 4 aromatic heterocycles. The normalized spacial score (nSPS) is 10.9. The number of halogens is 1. The van der Waals surface area contributed by atoms with Crippen LogP contribution >= 0.6 is 11.6 Å². The number of aryl methyl sites for hydroxylation is 1. The number of hydrogen-bond acceptors (Lipinski definition) is 9. The molecule has 0 fully saturated rings. The number of rotatable bonds is 5. The molecule has 136 valence electrons. The topological polar surface area (TPSA) is 138 Å². The molecule has 27 heavy (non-hydrogen) atoms. The second kappa shape index (κ2) is 7.00. The summed E-state index contributed by atoms with van der Waals surface area (Å²) in [6.45, 7) is 1.97. The number of nitrogens with zero attached hydrogens (tertiary/aromatic N) is 6. The molecule has 0 aliphatic heterocycles. The van der Waals surface area contributed by atoms with Crippen LogP contribution in [0.1, 0.15) is 12.6 Å². The zero-order valence-electron chi connectivity index (χ0n) is 14.0. The summed E-state index contributed by atoms with van der Waals surface area (Å²) in [5.41, 5.74) is 6.79. The van der Waals surface area contributed by atoms with Crippen molar-refractivity contribution in [2.75, 3.05) is 5.73 Å². The van der Waals surface area contributed by atoms with Crippen molar-refractivity contribution in [3.63, 3.8) is 0 Å². The molecule has 4 rings (SSSR count). The summed E-state index contributed by atoms with van der Waals surface area (Å²) >= 11 is 6.46. The first-order chi connectivity index (χ1) is 13.1. The van der Waals surface area contributed by atoms with E-state index in [1.165, 1.54) is 31.1 Å². The van der Waals surface area contributed by atoms with Gasteiger partial charge < -0.3 is 20.2 Å². The molecular formula is C16H13ClN8O2. The summed E-state index contributed by atoms with van der Waals surface area (Å²) in [6.07, 6.45) is 7.93. The molecule has 10 nitrogen and oxygen atoms in total. The lowest BCUT2D eigenvalue weighted by Gasteiger charge is -2.08. The fraction of sp³-hybridized carbons (Fsp3) is 0.125. The van der Waals surface area contributed by atoms with Crippen LogP contribution in [0.3, 0.4) is 0 Å². The third-order valence-electron chi connectivity index (χ3n) is 3.57. The minimum atomic E-state index is 0.0456. The minimum absolute atomic E-state index is 0.0456. The fourth-order valence-electron chi connectivity index (χ4n) is 2.35. The predicted octanol–water partition coefficient (Wildman–Crippen LogP) is 2.92. The summed E-state index contributed by atoms with van der Waals surface area (Å²) in [6, 6.07) is 0.0456. The van der Waals surface area contributed by atoms with Gasteiger partial charge in [-0.1, -0.05) is 18.5 Å². The SMILES string of the molecule is CCc1[nH]c2nc(Oc3cncnc3)nc(Oc3cnc(N)nc3)c2c1Cl. The van der Waals surface area contributed by atoms with Gasteiger partial charge >= 0.3 is 6.01 Å². The van der Waals surface area contributed by atoms with Crippen LogP contribution < -0.4 is 15.2 Å². The van der Waals surface area contributed by atoms with E-state index in [0.717, 1.165) is 5.69 Å². The van der Waals surface area contributed by atoms with Crippen molar-refractivity contribution in [3.05, 3.63) is 41.8 Å². The van der Waals surface area contributed by atoms with Crippen molar-refractivity contribution in [2.45, 2.75) is 13.3 Å². The van der Waals surface area contributed by atoms with Gasteiger partial charge in [0, 0.05) is 5.69 Å². The molecule has 0 atom stereocenters. The maximum atomic E-state index is 6.46. The highest BCUT2D eigenvalue weighted by molar-refractivity contribution is 6.36. The summed E-state index contributed by atoms with van der Waals surface area (Å²) in [4.78, 5) is 27.4. The second-order valence-corrected chi connectivity index (χ2v) is 5.74. The maximum absolute atomic E-state index is 6.46. The molecule has 0 amide bonds. The number of anilines is 1. The average molecular weight is 385 g/mol. The van der Waals surface area contributed by atoms with Crippen LogP contribution in [0.4, 0.5) is 5.95 Å². The molecule has 3 N–H and O–H groups in total. The summed E-state index contributed by atoms with van der Waals surface area (Å²) in [5.74, 6) is 1.05. The molecule has 4 aromatic rings. The van der Waals surface area contributed by atoms with E-state index in [1.54, 1.807) is 0 Å². The third-order valence-corrected chi connectivity index (χ3v) is 3.99. The summed E-state index contributed by atoms with van der Waals surface area (Å²) < 4.78 is 11.4. The van der Waals surface area contributed by atoms with Crippen LogP contribution in [0, 0.1) is 0 Å². The highest BCUT2D eigenvalue weighted by atomic mass is 35.5. The van der Waals surface area contributed by atoms with Crippen LogP contribution in [0.2, 0.25) is 5.02 Å². The number of aromatic amines is 1. The number of ether oxygens (including phenoxy) is 2. The Morgan fingerprint density at radius 2 is 1.74 bits per heavy atom. The first kappa shape index (κ1) is 16.9. The Bertz CT molecular complexity index is 1090. The van der Waals surface area contributed by atoms with E-state index in [2.05, 4.69) is 34.9 Å². The lowest BCUT2D eigenvalue weighted by Crippen LogP contribution is -1.98. The molecule has 0 radical (unpaired) electrons. The van der Waals surface area contributed by atoms with Crippen LogP contribution in [-0.4, -0.2) is 34.9 Å². The Hall–Kier alpha value is -3.53. The van der Waals surface area contributed by atoms with Crippen LogP contribution in [0.5, 0.6) is 23.4 Å². The number of H-pyrrole nitrogens is 1. The van der Waals surface area contributed by atoms with Gasteiger partial charge in [-0.25, -0.2) is 19.9 Å². The van der Waals surface area contributed by atoms with E-state index < -0.39 is 0 Å². The highest BCUT2D eigenvalue weighted by Gasteiger charge is 2.19. The number of nitrogen functional groups attached to an aromatic ring is 1. The number of nitrogens with one attached hydrogen (secondary N) is 1. The highest BCUT2D eigenvalue weighted by Crippen LogP contribution is 2.36. The number of aromatic nitrogens is 7. The average Bonchev–Trinajstić information content (AvgIpc) is 3.00. The van der Waals surface area contributed by atoms with Gasteiger partial charge in [0.1, 0.15) is 17.4 Å². The van der Waals surface area contributed by atoms with Crippen molar-refractivity contribution in [1.29, 1.82) is 0 Å². The second-order valence-electron chi connectivity index (χ2n) is 5.36. The molecule has 0 spiro atoms. The molecule has 0 bridgehead atoms.